The smallest absolute Gasteiger partial charge is 0.146 e. The number of benzene rings is 1. The first-order valence-corrected chi connectivity index (χ1v) is 6.47. The van der Waals surface area contributed by atoms with Gasteiger partial charge in [0.05, 0.1) is 11.0 Å². The van der Waals surface area contributed by atoms with Crippen molar-refractivity contribution in [2.45, 2.75) is 26.9 Å². The van der Waals surface area contributed by atoms with Gasteiger partial charge in [-0.1, -0.05) is 0 Å². The van der Waals surface area contributed by atoms with Gasteiger partial charge in [-0.3, -0.25) is 0 Å². The third-order valence-electron chi connectivity index (χ3n) is 2.70. The van der Waals surface area contributed by atoms with Gasteiger partial charge in [0, 0.05) is 12.2 Å². The number of hydrogen-bond donors (Lipinski definition) is 1. The average molecular weight is 313 g/mol. The lowest BCUT2D eigenvalue weighted by atomic mass is 10.2. The molecule has 6 heteroatoms. The number of anilines is 1. The molecule has 0 radical (unpaired) electrons. The predicted molar refractivity (Wildman–Crippen MR) is 71.9 cm³/mol. The zero-order valence-corrected chi connectivity index (χ0v) is 11.8. The SMILES string of the molecule is CCn1ncnc1CNc1cc(Br)c(F)cc1C. The molecule has 0 aliphatic heterocycles. The topological polar surface area (TPSA) is 42.7 Å². The molecule has 1 heterocycles. The monoisotopic (exact) mass is 312 g/mol. The molecule has 2 rings (SSSR count). The Morgan fingerprint density at radius 2 is 2.22 bits per heavy atom. The molecule has 0 saturated heterocycles. The van der Waals surface area contributed by atoms with E-state index in [4.69, 9.17) is 0 Å². The Balaban J connectivity index is 2.13. The standard InChI is InChI=1S/C12H14BrFN4/c1-3-18-12(16-7-17-18)6-15-11-5-9(13)10(14)4-8(11)2/h4-5,7,15H,3,6H2,1-2H3. The normalized spacial score (nSPS) is 10.7. The fraction of sp³-hybridized carbons (Fsp3) is 0.333. The van der Waals surface area contributed by atoms with Crippen molar-refractivity contribution in [1.82, 2.24) is 14.8 Å². The molecule has 0 amide bonds. The van der Waals surface area contributed by atoms with Crippen LogP contribution in [0.2, 0.25) is 0 Å². The quantitative estimate of drug-likeness (QED) is 0.943. The van der Waals surface area contributed by atoms with Crippen LogP contribution in [0.1, 0.15) is 18.3 Å². The Bertz CT molecular complexity index is 553. The highest BCUT2D eigenvalue weighted by atomic mass is 79.9. The molecule has 0 fully saturated rings. The highest BCUT2D eigenvalue weighted by Gasteiger charge is 2.07. The Kier molecular flexibility index (Phi) is 3.96. The molecule has 1 N–H and O–H groups in total. The van der Waals surface area contributed by atoms with E-state index < -0.39 is 0 Å². The Morgan fingerprint density at radius 1 is 1.44 bits per heavy atom. The zero-order chi connectivity index (χ0) is 13.1. The largest absolute Gasteiger partial charge is 0.378 e. The third-order valence-corrected chi connectivity index (χ3v) is 3.31. The van der Waals surface area contributed by atoms with Crippen molar-refractivity contribution in [1.29, 1.82) is 0 Å². The number of hydrogen-bond acceptors (Lipinski definition) is 3. The van der Waals surface area contributed by atoms with E-state index in [1.807, 2.05) is 18.5 Å². The Morgan fingerprint density at radius 3 is 2.94 bits per heavy atom. The number of nitrogens with zero attached hydrogens (tertiary/aromatic N) is 3. The Labute approximate surface area is 113 Å². The first kappa shape index (κ1) is 13.0. The number of rotatable bonds is 4. The van der Waals surface area contributed by atoms with Gasteiger partial charge in [0.1, 0.15) is 18.0 Å². The van der Waals surface area contributed by atoms with E-state index in [2.05, 4.69) is 31.3 Å². The molecule has 1 aromatic carbocycles. The van der Waals surface area contributed by atoms with Crippen LogP contribution < -0.4 is 5.32 Å². The molecule has 4 nitrogen and oxygen atoms in total. The molecule has 2 aromatic rings. The maximum atomic E-state index is 13.3. The number of halogens is 2. The van der Waals surface area contributed by atoms with Gasteiger partial charge in [0.15, 0.2) is 0 Å². The fourth-order valence-corrected chi connectivity index (χ4v) is 2.04. The molecule has 0 unspecified atom stereocenters. The highest BCUT2D eigenvalue weighted by Crippen LogP contribution is 2.24. The lowest BCUT2D eigenvalue weighted by Crippen LogP contribution is -2.09. The van der Waals surface area contributed by atoms with Gasteiger partial charge >= 0.3 is 0 Å². The lowest BCUT2D eigenvalue weighted by molar-refractivity contribution is 0.618. The van der Waals surface area contributed by atoms with Crippen molar-refractivity contribution in [3.8, 4) is 0 Å². The molecule has 0 bridgehead atoms. The van der Waals surface area contributed by atoms with Gasteiger partial charge in [-0.2, -0.15) is 5.10 Å². The third kappa shape index (κ3) is 2.69. The summed E-state index contributed by atoms with van der Waals surface area (Å²) in [6.45, 7) is 5.22. The first-order chi connectivity index (χ1) is 8.61. The summed E-state index contributed by atoms with van der Waals surface area (Å²) in [5, 5.41) is 7.34. The van der Waals surface area contributed by atoms with Gasteiger partial charge in [0.25, 0.3) is 0 Å². The van der Waals surface area contributed by atoms with E-state index >= 15 is 0 Å². The number of nitrogens with one attached hydrogen (secondary N) is 1. The first-order valence-electron chi connectivity index (χ1n) is 5.68. The minimum absolute atomic E-state index is 0.255. The maximum Gasteiger partial charge on any atom is 0.146 e. The van der Waals surface area contributed by atoms with Crippen LogP contribution in [0.4, 0.5) is 10.1 Å². The predicted octanol–water partition coefficient (Wildman–Crippen LogP) is 3.12. The van der Waals surface area contributed by atoms with Crippen LogP contribution in [-0.4, -0.2) is 14.8 Å². The van der Waals surface area contributed by atoms with Crippen LogP contribution >= 0.6 is 15.9 Å². The van der Waals surface area contributed by atoms with Crippen LogP contribution in [0.5, 0.6) is 0 Å². The zero-order valence-electron chi connectivity index (χ0n) is 10.2. The summed E-state index contributed by atoms with van der Waals surface area (Å²) in [4.78, 5) is 4.18. The number of aromatic nitrogens is 3. The molecule has 96 valence electrons. The molecular formula is C12H14BrFN4. The second-order valence-corrected chi connectivity index (χ2v) is 4.78. The van der Waals surface area contributed by atoms with Crippen molar-refractivity contribution < 1.29 is 4.39 Å². The summed E-state index contributed by atoms with van der Waals surface area (Å²) in [6.07, 6.45) is 1.54. The molecule has 18 heavy (non-hydrogen) atoms. The van der Waals surface area contributed by atoms with Gasteiger partial charge in [-0.15, -0.1) is 0 Å². The summed E-state index contributed by atoms with van der Waals surface area (Å²) in [7, 11) is 0. The van der Waals surface area contributed by atoms with Gasteiger partial charge < -0.3 is 5.32 Å². The lowest BCUT2D eigenvalue weighted by Gasteiger charge is -2.10. The molecule has 0 atom stereocenters. The second-order valence-electron chi connectivity index (χ2n) is 3.93. The average Bonchev–Trinajstić information content (AvgIpc) is 2.79. The van der Waals surface area contributed by atoms with E-state index in [9.17, 15) is 4.39 Å². The molecule has 0 saturated carbocycles. The number of aryl methyl sites for hydroxylation is 2. The van der Waals surface area contributed by atoms with E-state index in [1.165, 1.54) is 12.4 Å². The van der Waals surface area contributed by atoms with E-state index in [-0.39, 0.29) is 5.82 Å². The van der Waals surface area contributed by atoms with E-state index in [0.717, 1.165) is 23.6 Å². The van der Waals surface area contributed by atoms with Crippen molar-refractivity contribution in [3.05, 3.63) is 40.1 Å². The van der Waals surface area contributed by atoms with Crippen LogP contribution in [0.25, 0.3) is 0 Å². The minimum Gasteiger partial charge on any atom is -0.378 e. The molecule has 1 aromatic heterocycles. The summed E-state index contributed by atoms with van der Waals surface area (Å²) in [5.41, 5.74) is 1.74. The highest BCUT2D eigenvalue weighted by molar-refractivity contribution is 9.10. The van der Waals surface area contributed by atoms with Gasteiger partial charge in [-0.25, -0.2) is 14.1 Å². The van der Waals surface area contributed by atoms with Crippen LogP contribution in [0.15, 0.2) is 22.9 Å². The molecule has 0 spiro atoms. The van der Waals surface area contributed by atoms with Crippen LogP contribution in [0, 0.1) is 12.7 Å². The van der Waals surface area contributed by atoms with E-state index in [0.29, 0.717) is 11.0 Å². The summed E-state index contributed by atoms with van der Waals surface area (Å²) in [5.74, 6) is 0.604. The van der Waals surface area contributed by atoms with Crippen molar-refractivity contribution in [2.75, 3.05) is 5.32 Å². The van der Waals surface area contributed by atoms with Crippen molar-refractivity contribution in [3.63, 3.8) is 0 Å². The van der Waals surface area contributed by atoms with Crippen LogP contribution in [-0.2, 0) is 13.1 Å². The van der Waals surface area contributed by atoms with Gasteiger partial charge in [-0.05, 0) is 47.5 Å². The second kappa shape index (κ2) is 5.48. The van der Waals surface area contributed by atoms with E-state index in [1.54, 1.807) is 6.07 Å². The maximum absolute atomic E-state index is 13.3. The summed E-state index contributed by atoms with van der Waals surface area (Å²) >= 11 is 3.18. The van der Waals surface area contributed by atoms with Crippen molar-refractivity contribution >= 4 is 21.6 Å². The Hall–Kier alpha value is -1.43. The molecular weight excluding hydrogens is 299 g/mol. The fourth-order valence-electron chi connectivity index (χ4n) is 1.70. The van der Waals surface area contributed by atoms with Crippen LogP contribution in [0.3, 0.4) is 0 Å². The summed E-state index contributed by atoms with van der Waals surface area (Å²) < 4.78 is 15.6. The van der Waals surface area contributed by atoms with Crippen molar-refractivity contribution in [2.24, 2.45) is 0 Å². The summed E-state index contributed by atoms with van der Waals surface area (Å²) in [6, 6.07) is 3.23. The minimum atomic E-state index is -0.255. The van der Waals surface area contributed by atoms with Gasteiger partial charge in [0.2, 0.25) is 0 Å². The molecule has 0 aliphatic rings. The molecule has 0 aliphatic carbocycles.